The van der Waals surface area contributed by atoms with E-state index in [4.69, 9.17) is 4.74 Å². The van der Waals surface area contributed by atoms with E-state index in [1.165, 1.54) is 0 Å². The van der Waals surface area contributed by atoms with Gasteiger partial charge in [0.15, 0.2) is 0 Å². The Morgan fingerprint density at radius 3 is 2.57 bits per heavy atom. The number of hydrogen-bond donors (Lipinski definition) is 2. The van der Waals surface area contributed by atoms with Gasteiger partial charge in [-0.2, -0.15) is 0 Å². The standard InChI is InChI=1S/C15H26N2O3S/c1-5-20-8-6-7-17-21(18,19)15-10-14(11-16-4)9-12(2)13(15)3/h9-10,16-17H,5-8,11H2,1-4H3. The third kappa shape index (κ3) is 5.39. The molecule has 5 nitrogen and oxygen atoms in total. The number of nitrogens with one attached hydrogen (secondary N) is 2. The lowest BCUT2D eigenvalue weighted by molar-refractivity contribution is 0.146. The van der Waals surface area contributed by atoms with Crippen molar-refractivity contribution in [3.63, 3.8) is 0 Å². The number of ether oxygens (including phenoxy) is 1. The van der Waals surface area contributed by atoms with E-state index in [0.29, 0.717) is 37.6 Å². The molecule has 0 radical (unpaired) electrons. The molecule has 0 saturated heterocycles. The lowest BCUT2D eigenvalue weighted by atomic mass is 10.1. The molecule has 6 heteroatoms. The van der Waals surface area contributed by atoms with Gasteiger partial charge >= 0.3 is 0 Å². The van der Waals surface area contributed by atoms with Crippen LogP contribution in [0.25, 0.3) is 0 Å². The molecule has 0 aliphatic heterocycles. The van der Waals surface area contributed by atoms with Crippen LogP contribution >= 0.6 is 0 Å². The second kappa shape index (κ2) is 8.48. The number of hydrogen-bond acceptors (Lipinski definition) is 4. The van der Waals surface area contributed by atoms with Crippen molar-refractivity contribution < 1.29 is 13.2 Å². The van der Waals surface area contributed by atoms with Crippen molar-refractivity contribution in [1.29, 1.82) is 0 Å². The van der Waals surface area contributed by atoms with E-state index < -0.39 is 10.0 Å². The monoisotopic (exact) mass is 314 g/mol. The number of rotatable bonds is 9. The van der Waals surface area contributed by atoms with Crippen LogP contribution in [-0.4, -0.2) is 35.2 Å². The van der Waals surface area contributed by atoms with E-state index in [2.05, 4.69) is 10.0 Å². The predicted octanol–water partition coefficient (Wildman–Crippen LogP) is 1.73. The van der Waals surface area contributed by atoms with E-state index in [1.807, 2.05) is 33.9 Å². The van der Waals surface area contributed by atoms with Crippen LogP contribution in [0.4, 0.5) is 0 Å². The molecule has 120 valence electrons. The minimum atomic E-state index is -3.47. The maximum atomic E-state index is 12.4. The van der Waals surface area contributed by atoms with Crippen LogP contribution < -0.4 is 10.0 Å². The fraction of sp³-hybridized carbons (Fsp3) is 0.600. The zero-order chi connectivity index (χ0) is 15.9. The van der Waals surface area contributed by atoms with E-state index in [-0.39, 0.29) is 0 Å². The molecule has 0 bridgehead atoms. The van der Waals surface area contributed by atoms with Gasteiger partial charge in [-0.05, 0) is 57.0 Å². The van der Waals surface area contributed by atoms with Gasteiger partial charge in [0.25, 0.3) is 0 Å². The van der Waals surface area contributed by atoms with Gasteiger partial charge < -0.3 is 10.1 Å². The van der Waals surface area contributed by atoms with Crippen LogP contribution in [0.5, 0.6) is 0 Å². The number of sulfonamides is 1. The highest BCUT2D eigenvalue weighted by Crippen LogP contribution is 2.21. The summed E-state index contributed by atoms with van der Waals surface area (Å²) < 4.78 is 32.7. The summed E-state index contributed by atoms with van der Waals surface area (Å²) in [7, 11) is -1.63. The van der Waals surface area contributed by atoms with Gasteiger partial charge in [0.05, 0.1) is 4.90 Å². The average molecular weight is 314 g/mol. The van der Waals surface area contributed by atoms with E-state index in [0.717, 1.165) is 16.7 Å². The first-order valence-corrected chi connectivity index (χ1v) is 8.72. The highest BCUT2D eigenvalue weighted by Gasteiger charge is 2.18. The Labute approximate surface area is 128 Å². The molecule has 1 rings (SSSR count). The van der Waals surface area contributed by atoms with Crippen molar-refractivity contribution in [2.24, 2.45) is 0 Å². The lowest BCUT2D eigenvalue weighted by Crippen LogP contribution is -2.26. The van der Waals surface area contributed by atoms with Crippen LogP contribution in [0.3, 0.4) is 0 Å². The third-order valence-electron chi connectivity index (χ3n) is 3.31. The van der Waals surface area contributed by atoms with Gasteiger partial charge in [-0.1, -0.05) is 6.07 Å². The summed E-state index contributed by atoms with van der Waals surface area (Å²) in [5.41, 5.74) is 2.75. The molecule has 0 saturated carbocycles. The summed E-state index contributed by atoms with van der Waals surface area (Å²) in [5, 5.41) is 3.04. The Morgan fingerprint density at radius 2 is 1.95 bits per heavy atom. The molecule has 0 aliphatic rings. The highest BCUT2D eigenvalue weighted by atomic mass is 32.2. The quantitative estimate of drug-likeness (QED) is 0.681. The van der Waals surface area contributed by atoms with Gasteiger partial charge in [0.1, 0.15) is 0 Å². The predicted molar refractivity (Wildman–Crippen MR) is 85.0 cm³/mol. The first-order chi connectivity index (χ1) is 9.92. The number of benzene rings is 1. The van der Waals surface area contributed by atoms with Gasteiger partial charge in [-0.3, -0.25) is 0 Å². The normalized spacial score (nSPS) is 11.8. The second-order valence-electron chi connectivity index (χ2n) is 5.01. The van der Waals surface area contributed by atoms with Crippen molar-refractivity contribution in [3.05, 3.63) is 28.8 Å². The summed E-state index contributed by atoms with van der Waals surface area (Å²) in [5.74, 6) is 0. The minimum absolute atomic E-state index is 0.365. The zero-order valence-corrected chi connectivity index (χ0v) is 14.1. The zero-order valence-electron chi connectivity index (χ0n) is 13.3. The Hall–Kier alpha value is -0.950. The molecule has 0 atom stereocenters. The summed E-state index contributed by atoms with van der Waals surface area (Å²) in [6, 6.07) is 3.75. The van der Waals surface area contributed by atoms with Crippen molar-refractivity contribution >= 4 is 10.0 Å². The maximum Gasteiger partial charge on any atom is 0.240 e. The lowest BCUT2D eigenvalue weighted by Gasteiger charge is -2.13. The molecule has 0 spiro atoms. The van der Waals surface area contributed by atoms with Crippen molar-refractivity contribution in [2.75, 3.05) is 26.8 Å². The molecule has 0 amide bonds. The Morgan fingerprint density at radius 1 is 1.24 bits per heavy atom. The molecular weight excluding hydrogens is 288 g/mol. The van der Waals surface area contributed by atoms with Gasteiger partial charge in [-0.25, -0.2) is 13.1 Å². The van der Waals surface area contributed by atoms with Gasteiger partial charge in [0.2, 0.25) is 10.0 Å². The molecule has 0 aliphatic carbocycles. The van der Waals surface area contributed by atoms with Crippen LogP contribution in [0, 0.1) is 13.8 Å². The topological polar surface area (TPSA) is 67.4 Å². The molecule has 2 N–H and O–H groups in total. The Balaban J connectivity index is 2.86. The number of aryl methyl sites for hydroxylation is 1. The van der Waals surface area contributed by atoms with E-state index >= 15 is 0 Å². The maximum absolute atomic E-state index is 12.4. The van der Waals surface area contributed by atoms with Crippen LogP contribution in [-0.2, 0) is 21.3 Å². The minimum Gasteiger partial charge on any atom is -0.382 e. The summed E-state index contributed by atoms with van der Waals surface area (Å²) >= 11 is 0. The summed E-state index contributed by atoms with van der Waals surface area (Å²) in [6.07, 6.45) is 0.668. The highest BCUT2D eigenvalue weighted by molar-refractivity contribution is 7.89. The summed E-state index contributed by atoms with van der Waals surface area (Å²) in [4.78, 5) is 0.365. The van der Waals surface area contributed by atoms with Gasteiger partial charge in [0, 0.05) is 26.3 Å². The Bertz CT molecular complexity index is 556. The smallest absolute Gasteiger partial charge is 0.240 e. The first kappa shape index (κ1) is 18.1. The van der Waals surface area contributed by atoms with Crippen molar-refractivity contribution in [1.82, 2.24) is 10.0 Å². The van der Waals surface area contributed by atoms with Crippen molar-refractivity contribution in [2.45, 2.75) is 38.6 Å². The van der Waals surface area contributed by atoms with Gasteiger partial charge in [-0.15, -0.1) is 0 Å². The Kier molecular flexibility index (Phi) is 7.31. The summed E-state index contributed by atoms with van der Waals surface area (Å²) in [6.45, 7) is 7.94. The fourth-order valence-electron chi connectivity index (χ4n) is 2.09. The molecule has 0 fully saturated rings. The largest absolute Gasteiger partial charge is 0.382 e. The molecular formula is C15H26N2O3S. The van der Waals surface area contributed by atoms with Crippen LogP contribution in [0.15, 0.2) is 17.0 Å². The van der Waals surface area contributed by atoms with E-state index in [1.54, 1.807) is 6.07 Å². The fourth-order valence-corrected chi connectivity index (χ4v) is 3.53. The van der Waals surface area contributed by atoms with Crippen LogP contribution in [0.2, 0.25) is 0 Å². The average Bonchev–Trinajstić information content (AvgIpc) is 2.42. The molecule has 1 aromatic carbocycles. The molecule has 0 heterocycles. The first-order valence-electron chi connectivity index (χ1n) is 7.24. The third-order valence-corrected chi connectivity index (χ3v) is 4.90. The second-order valence-corrected chi connectivity index (χ2v) is 6.75. The molecule has 0 aromatic heterocycles. The SMILES string of the molecule is CCOCCCNS(=O)(=O)c1cc(CNC)cc(C)c1C. The molecule has 1 aromatic rings. The molecule has 0 unspecified atom stereocenters. The van der Waals surface area contributed by atoms with Crippen LogP contribution in [0.1, 0.15) is 30.0 Å². The van der Waals surface area contributed by atoms with E-state index in [9.17, 15) is 8.42 Å². The molecule has 21 heavy (non-hydrogen) atoms. The van der Waals surface area contributed by atoms with Crippen molar-refractivity contribution in [3.8, 4) is 0 Å².